The zero-order chi connectivity index (χ0) is 14.4. The van der Waals surface area contributed by atoms with Crippen molar-refractivity contribution in [1.29, 1.82) is 0 Å². The highest BCUT2D eigenvalue weighted by Gasteiger charge is 2.13. The maximum atomic E-state index is 9.95. The van der Waals surface area contributed by atoms with Gasteiger partial charge in [0.05, 0.1) is 7.11 Å². The minimum Gasteiger partial charge on any atom is -0.508 e. The Morgan fingerprint density at radius 1 is 1.10 bits per heavy atom. The summed E-state index contributed by atoms with van der Waals surface area (Å²) in [4.78, 5) is 0. The van der Waals surface area contributed by atoms with Gasteiger partial charge in [0, 0.05) is 23.7 Å². The summed E-state index contributed by atoms with van der Waals surface area (Å²) in [7, 11) is 1.68. The molecule has 2 N–H and O–H groups in total. The Bertz CT molecular complexity index is 554. The number of ether oxygens (including phenoxy) is 1. The number of methoxy groups -OCH3 is 1. The summed E-state index contributed by atoms with van der Waals surface area (Å²) in [5, 5.41) is 13.4. The van der Waals surface area contributed by atoms with Crippen molar-refractivity contribution < 1.29 is 9.84 Å². The first-order valence-corrected chi connectivity index (χ1v) is 6.89. The number of benzene rings is 2. The molecule has 2 rings (SSSR count). The number of phenols is 1. The van der Waals surface area contributed by atoms with Crippen LogP contribution in [0, 0.1) is 0 Å². The largest absolute Gasteiger partial charge is 0.508 e. The number of aromatic hydroxyl groups is 1. The molecule has 1 atom stereocenters. The number of hydrogen-bond donors (Lipinski definition) is 2. The zero-order valence-corrected chi connectivity index (χ0v) is 12.0. The van der Waals surface area contributed by atoms with E-state index in [1.165, 1.54) is 0 Å². The summed E-state index contributed by atoms with van der Waals surface area (Å²) in [5.74, 6) is 1.22. The highest BCUT2D eigenvalue weighted by atomic mass is 16.5. The lowest BCUT2D eigenvalue weighted by Gasteiger charge is -2.19. The van der Waals surface area contributed by atoms with Crippen molar-refractivity contribution in [2.75, 3.05) is 7.11 Å². The van der Waals surface area contributed by atoms with E-state index in [0.717, 1.165) is 23.3 Å². The molecule has 1 unspecified atom stereocenters. The van der Waals surface area contributed by atoms with E-state index >= 15 is 0 Å². The molecule has 0 bridgehead atoms. The summed E-state index contributed by atoms with van der Waals surface area (Å²) in [5.41, 5.74) is 2.05. The van der Waals surface area contributed by atoms with E-state index in [2.05, 4.69) is 12.2 Å². The van der Waals surface area contributed by atoms with E-state index in [4.69, 9.17) is 4.74 Å². The standard InChI is InChI=1S/C17H21NO2/c1-3-15(14-9-5-6-10-16(14)19)18-12-13-8-4-7-11-17(13)20-2/h4-11,15,18-19H,3,12H2,1-2H3. The van der Waals surface area contributed by atoms with Crippen LogP contribution < -0.4 is 10.1 Å². The van der Waals surface area contributed by atoms with Crippen LogP contribution in [0.5, 0.6) is 11.5 Å². The summed E-state index contributed by atoms with van der Waals surface area (Å²) in [6.07, 6.45) is 0.909. The zero-order valence-electron chi connectivity index (χ0n) is 12.0. The van der Waals surface area contributed by atoms with E-state index in [1.807, 2.05) is 42.5 Å². The first-order chi connectivity index (χ1) is 9.76. The van der Waals surface area contributed by atoms with E-state index in [9.17, 15) is 5.11 Å². The maximum absolute atomic E-state index is 9.95. The number of para-hydroxylation sites is 2. The Morgan fingerprint density at radius 3 is 2.50 bits per heavy atom. The van der Waals surface area contributed by atoms with Crippen molar-refractivity contribution in [1.82, 2.24) is 5.32 Å². The second kappa shape index (κ2) is 6.96. The van der Waals surface area contributed by atoms with Crippen LogP contribution in [-0.4, -0.2) is 12.2 Å². The summed E-state index contributed by atoms with van der Waals surface area (Å²) >= 11 is 0. The van der Waals surface area contributed by atoms with Crippen molar-refractivity contribution >= 4 is 0 Å². The van der Waals surface area contributed by atoms with Crippen molar-refractivity contribution in [3.05, 3.63) is 59.7 Å². The minimum absolute atomic E-state index is 0.126. The van der Waals surface area contributed by atoms with E-state index in [1.54, 1.807) is 13.2 Å². The van der Waals surface area contributed by atoms with Gasteiger partial charge in [0.1, 0.15) is 11.5 Å². The molecule has 3 nitrogen and oxygen atoms in total. The lowest BCUT2D eigenvalue weighted by molar-refractivity contribution is 0.402. The second-order valence-electron chi connectivity index (χ2n) is 4.71. The highest BCUT2D eigenvalue weighted by molar-refractivity contribution is 5.36. The van der Waals surface area contributed by atoms with Gasteiger partial charge >= 0.3 is 0 Å². The summed E-state index contributed by atoms with van der Waals surface area (Å²) in [6.45, 7) is 2.81. The molecule has 0 heterocycles. The van der Waals surface area contributed by atoms with Gasteiger partial charge in [0.25, 0.3) is 0 Å². The molecule has 2 aromatic rings. The molecule has 0 saturated carbocycles. The summed E-state index contributed by atoms with van der Waals surface area (Å²) < 4.78 is 5.35. The molecule has 3 heteroatoms. The van der Waals surface area contributed by atoms with Crippen LogP contribution in [0.2, 0.25) is 0 Å². The third kappa shape index (κ3) is 3.31. The van der Waals surface area contributed by atoms with Crippen LogP contribution in [0.4, 0.5) is 0 Å². The van der Waals surface area contributed by atoms with Crippen LogP contribution in [-0.2, 0) is 6.54 Å². The predicted octanol–water partition coefficient (Wildman–Crippen LogP) is 3.64. The fourth-order valence-corrected chi connectivity index (χ4v) is 2.34. The molecule has 0 aliphatic heterocycles. The van der Waals surface area contributed by atoms with Crippen molar-refractivity contribution in [2.24, 2.45) is 0 Å². The Balaban J connectivity index is 2.10. The van der Waals surface area contributed by atoms with E-state index < -0.39 is 0 Å². The van der Waals surface area contributed by atoms with Crippen LogP contribution >= 0.6 is 0 Å². The third-order valence-corrected chi connectivity index (χ3v) is 3.45. The molecule has 0 radical (unpaired) electrons. The van der Waals surface area contributed by atoms with E-state index in [-0.39, 0.29) is 6.04 Å². The topological polar surface area (TPSA) is 41.5 Å². The van der Waals surface area contributed by atoms with Crippen LogP contribution in [0.25, 0.3) is 0 Å². The van der Waals surface area contributed by atoms with Gasteiger partial charge in [-0.05, 0) is 18.6 Å². The smallest absolute Gasteiger partial charge is 0.123 e. The molecular formula is C17H21NO2. The lowest BCUT2D eigenvalue weighted by Crippen LogP contribution is -2.20. The van der Waals surface area contributed by atoms with Gasteiger partial charge in [0.15, 0.2) is 0 Å². The normalized spacial score (nSPS) is 12.1. The van der Waals surface area contributed by atoms with Crippen LogP contribution in [0.1, 0.15) is 30.5 Å². The maximum Gasteiger partial charge on any atom is 0.123 e. The molecule has 2 aromatic carbocycles. The van der Waals surface area contributed by atoms with Gasteiger partial charge in [-0.15, -0.1) is 0 Å². The highest BCUT2D eigenvalue weighted by Crippen LogP contribution is 2.27. The van der Waals surface area contributed by atoms with Gasteiger partial charge in [-0.2, -0.15) is 0 Å². The number of rotatable bonds is 6. The Hall–Kier alpha value is -2.00. The van der Waals surface area contributed by atoms with E-state index in [0.29, 0.717) is 12.3 Å². The Kier molecular flexibility index (Phi) is 5.02. The van der Waals surface area contributed by atoms with Gasteiger partial charge < -0.3 is 15.2 Å². The minimum atomic E-state index is 0.126. The Labute approximate surface area is 120 Å². The van der Waals surface area contributed by atoms with Gasteiger partial charge in [-0.25, -0.2) is 0 Å². The SMILES string of the molecule is CCC(NCc1ccccc1OC)c1ccccc1O. The molecule has 0 amide bonds. The second-order valence-corrected chi connectivity index (χ2v) is 4.71. The molecule has 0 fully saturated rings. The first-order valence-electron chi connectivity index (χ1n) is 6.89. The molecule has 0 saturated heterocycles. The first kappa shape index (κ1) is 14.4. The molecular weight excluding hydrogens is 250 g/mol. The van der Waals surface area contributed by atoms with Crippen molar-refractivity contribution in [3.63, 3.8) is 0 Å². The van der Waals surface area contributed by atoms with Gasteiger partial charge in [-0.1, -0.05) is 43.3 Å². The molecule has 20 heavy (non-hydrogen) atoms. The third-order valence-electron chi connectivity index (χ3n) is 3.45. The quantitative estimate of drug-likeness (QED) is 0.842. The van der Waals surface area contributed by atoms with Crippen LogP contribution in [0.3, 0.4) is 0 Å². The molecule has 106 valence electrons. The molecule has 0 aliphatic carbocycles. The average Bonchev–Trinajstić information content (AvgIpc) is 2.50. The number of nitrogens with one attached hydrogen (secondary N) is 1. The van der Waals surface area contributed by atoms with Gasteiger partial charge in [-0.3, -0.25) is 0 Å². The average molecular weight is 271 g/mol. The monoisotopic (exact) mass is 271 g/mol. The molecule has 0 aromatic heterocycles. The number of phenolic OH excluding ortho intramolecular Hbond substituents is 1. The fraction of sp³-hybridized carbons (Fsp3) is 0.294. The van der Waals surface area contributed by atoms with Crippen LogP contribution in [0.15, 0.2) is 48.5 Å². The van der Waals surface area contributed by atoms with Crippen molar-refractivity contribution in [3.8, 4) is 11.5 Å². The van der Waals surface area contributed by atoms with Gasteiger partial charge in [0.2, 0.25) is 0 Å². The fourth-order valence-electron chi connectivity index (χ4n) is 2.34. The molecule has 0 aliphatic rings. The molecule has 0 spiro atoms. The Morgan fingerprint density at radius 2 is 1.80 bits per heavy atom. The summed E-state index contributed by atoms with van der Waals surface area (Å²) in [6, 6.07) is 15.6. The predicted molar refractivity (Wildman–Crippen MR) is 81.0 cm³/mol. The van der Waals surface area contributed by atoms with Crippen molar-refractivity contribution in [2.45, 2.75) is 25.9 Å². The lowest BCUT2D eigenvalue weighted by atomic mass is 10.0. The number of hydrogen-bond acceptors (Lipinski definition) is 3.